The highest BCUT2D eigenvalue weighted by atomic mass is 127. The molecule has 0 aromatic carbocycles. The number of hydrogen-bond donors (Lipinski definition) is 2. The average molecular weight is 553 g/mol. The van der Waals surface area contributed by atoms with Gasteiger partial charge in [-0.2, -0.15) is 17.5 Å². The van der Waals surface area contributed by atoms with Crippen molar-refractivity contribution < 1.29 is 26.0 Å². The first-order valence-electron chi connectivity index (χ1n) is 8.79. The highest BCUT2D eigenvalue weighted by Gasteiger charge is 2.50. The van der Waals surface area contributed by atoms with Crippen LogP contribution in [0.1, 0.15) is 24.6 Å². The summed E-state index contributed by atoms with van der Waals surface area (Å²) in [6, 6.07) is 3.47. The predicted octanol–water partition coefficient (Wildman–Crippen LogP) is 1.98. The van der Waals surface area contributed by atoms with E-state index in [2.05, 4.69) is 15.6 Å². The summed E-state index contributed by atoms with van der Waals surface area (Å²) in [6.45, 7) is 0.119. The number of likely N-dealkylation sites (N-methyl/N-ethyl adjacent to an activating group) is 1. The molecule has 1 atom stereocenters. The summed E-state index contributed by atoms with van der Waals surface area (Å²) in [7, 11) is 0.161. The summed E-state index contributed by atoms with van der Waals surface area (Å²) in [5.41, 5.74) is -5.27. The van der Waals surface area contributed by atoms with E-state index in [-0.39, 0.29) is 62.0 Å². The quantitative estimate of drug-likeness (QED) is 0.318. The number of rotatable bonds is 6. The predicted molar refractivity (Wildman–Crippen MR) is 115 cm³/mol. The molecule has 8 nitrogen and oxygen atoms in total. The summed E-state index contributed by atoms with van der Waals surface area (Å²) in [4.78, 5) is 6.12. The van der Waals surface area contributed by atoms with E-state index in [1.54, 1.807) is 13.3 Å². The maximum Gasteiger partial charge on any atom is 0.511 e. The summed E-state index contributed by atoms with van der Waals surface area (Å²) in [5.74, 6) is 1.29. The molecule has 1 aromatic heterocycles. The Morgan fingerprint density at radius 2 is 2.00 bits per heavy atom. The zero-order valence-corrected chi connectivity index (χ0v) is 19.6. The van der Waals surface area contributed by atoms with Gasteiger partial charge in [0.25, 0.3) is 0 Å². The Labute approximate surface area is 186 Å². The third-order valence-electron chi connectivity index (χ3n) is 4.61. The van der Waals surface area contributed by atoms with E-state index in [0.717, 1.165) is 5.76 Å². The number of piperidine rings is 1. The SMILES string of the molecule is CN=C(NCC(c1ccco1)N(C)C)NC1CCN(S(=O)(=O)C(F)(F)F)CC1.I. The molecule has 13 heteroatoms. The van der Waals surface area contributed by atoms with Gasteiger partial charge >= 0.3 is 15.5 Å². The molecule has 2 rings (SSSR count). The van der Waals surface area contributed by atoms with Gasteiger partial charge < -0.3 is 15.1 Å². The van der Waals surface area contributed by atoms with Crippen molar-refractivity contribution in [3.05, 3.63) is 24.2 Å². The lowest BCUT2D eigenvalue weighted by Crippen LogP contribution is -2.52. The highest BCUT2D eigenvalue weighted by molar-refractivity contribution is 14.0. The number of furan rings is 1. The molecule has 0 aliphatic carbocycles. The van der Waals surface area contributed by atoms with Crippen LogP contribution in [0.3, 0.4) is 0 Å². The van der Waals surface area contributed by atoms with Crippen LogP contribution < -0.4 is 10.6 Å². The van der Waals surface area contributed by atoms with Crippen molar-refractivity contribution in [2.45, 2.75) is 30.4 Å². The van der Waals surface area contributed by atoms with Crippen LogP contribution in [0, 0.1) is 0 Å². The summed E-state index contributed by atoms with van der Waals surface area (Å²) in [5, 5.41) is 6.32. The van der Waals surface area contributed by atoms with Crippen LogP contribution in [0.4, 0.5) is 13.2 Å². The van der Waals surface area contributed by atoms with Gasteiger partial charge in [-0.3, -0.25) is 9.89 Å². The molecule has 1 aliphatic heterocycles. The summed E-state index contributed by atoms with van der Waals surface area (Å²) < 4.78 is 66.8. The molecule has 0 amide bonds. The minimum absolute atomic E-state index is 0. The van der Waals surface area contributed by atoms with E-state index in [1.807, 2.05) is 31.1 Å². The second-order valence-electron chi connectivity index (χ2n) is 6.72. The lowest BCUT2D eigenvalue weighted by Gasteiger charge is -2.33. The second kappa shape index (κ2) is 10.8. The lowest BCUT2D eigenvalue weighted by atomic mass is 10.1. The van der Waals surface area contributed by atoms with Gasteiger partial charge in [-0.25, -0.2) is 8.42 Å². The molecule has 1 aliphatic rings. The Morgan fingerprint density at radius 1 is 1.38 bits per heavy atom. The maximum absolute atomic E-state index is 12.7. The third-order valence-corrected chi connectivity index (χ3v) is 6.24. The molecule has 0 saturated carbocycles. The minimum atomic E-state index is -5.27. The fourth-order valence-corrected chi connectivity index (χ4v) is 3.97. The smallest absolute Gasteiger partial charge is 0.468 e. The molecule has 0 bridgehead atoms. The number of guanidine groups is 1. The summed E-state index contributed by atoms with van der Waals surface area (Å²) in [6.07, 6.45) is 2.11. The van der Waals surface area contributed by atoms with Crippen molar-refractivity contribution in [2.24, 2.45) is 4.99 Å². The first kappa shape index (κ1) is 26.0. The molecule has 1 fully saturated rings. The number of nitrogens with zero attached hydrogens (tertiary/aromatic N) is 3. The zero-order valence-electron chi connectivity index (χ0n) is 16.4. The van der Waals surface area contributed by atoms with E-state index in [9.17, 15) is 21.6 Å². The van der Waals surface area contributed by atoms with Crippen molar-refractivity contribution >= 4 is 40.0 Å². The van der Waals surface area contributed by atoms with E-state index in [1.165, 1.54) is 0 Å². The van der Waals surface area contributed by atoms with Crippen molar-refractivity contribution in [2.75, 3.05) is 40.8 Å². The van der Waals surface area contributed by atoms with Crippen molar-refractivity contribution in [1.82, 2.24) is 19.8 Å². The largest absolute Gasteiger partial charge is 0.511 e. The Morgan fingerprint density at radius 3 is 2.45 bits per heavy atom. The van der Waals surface area contributed by atoms with Gasteiger partial charge in [-0.15, -0.1) is 24.0 Å². The van der Waals surface area contributed by atoms with Gasteiger partial charge in [0.15, 0.2) is 5.96 Å². The average Bonchev–Trinajstić information content (AvgIpc) is 3.14. The van der Waals surface area contributed by atoms with Crippen molar-refractivity contribution in [3.8, 4) is 0 Å². The maximum atomic E-state index is 12.7. The number of halogens is 4. The molecule has 0 radical (unpaired) electrons. The monoisotopic (exact) mass is 553 g/mol. The highest BCUT2D eigenvalue weighted by Crippen LogP contribution is 2.29. The van der Waals surface area contributed by atoms with Crippen LogP contribution in [-0.2, 0) is 10.0 Å². The molecule has 1 unspecified atom stereocenters. The Hall–Kier alpha value is -1.06. The van der Waals surface area contributed by atoms with E-state index < -0.39 is 15.5 Å². The molecule has 0 spiro atoms. The molecular weight excluding hydrogens is 526 g/mol. The third kappa shape index (κ3) is 6.72. The van der Waals surface area contributed by atoms with Gasteiger partial charge in [0, 0.05) is 32.7 Å². The zero-order chi connectivity index (χ0) is 20.9. The Bertz CT molecular complexity index is 748. The van der Waals surface area contributed by atoms with E-state index in [0.29, 0.717) is 16.8 Å². The lowest BCUT2D eigenvalue weighted by molar-refractivity contribution is -0.0494. The Kier molecular flexibility index (Phi) is 9.69. The molecule has 1 saturated heterocycles. The molecule has 1 aromatic rings. The van der Waals surface area contributed by atoms with E-state index in [4.69, 9.17) is 4.42 Å². The molecule has 29 heavy (non-hydrogen) atoms. The van der Waals surface area contributed by atoms with Gasteiger partial charge in [0.1, 0.15) is 5.76 Å². The number of alkyl halides is 3. The number of sulfonamides is 1. The van der Waals surface area contributed by atoms with Crippen LogP contribution >= 0.6 is 24.0 Å². The van der Waals surface area contributed by atoms with E-state index >= 15 is 0 Å². The minimum Gasteiger partial charge on any atom is -0.468 e. The van der Waals surface area contributed by atoms with Gasteiger partial charge in [-0.1, -0.05) is 0 Å². The fraction of sp³-hybridized carbons (Fsp3) is 0.688. The molecular formula is C16H27F3IN5O3S. The number of hydrogen-bond acceptors (Lipinski definition) is 5. The van der Waals surface area contributed by atoms with Crippen LogP contribution in [-0.4, -0.2) is 75.9 Å². The first-order chi connectivity index (χ1) is 13.1. The number of nitrogens with one attached hydrogen (secondary N) is 2. The standard InChI is InChI=1S/C16H26F3N5O3S.HI/c1-20-15(21-11-13(23(2)3)14-5-4-10-27-14)22-12-6-8-24(9-7-12)28(25,26)16(17,18)19;/h4-5,10,12-13H,6-9,11H2,1-3H3,(H2,20,21,22);1H. The van der Waals surface area contributed by atoms with Crippen LogP contribution in [0.25, 0.3) is 0 Å². The van der Waals surface area contributed by atoms with Gasteiger partial charge in [-0.05, 0) is 39.1 Å². The van der Waals surface area contributed by atoms with Gasteiger partial charge in [0.05, 0.1) is 12.3 Å². The van der Waals surface area contributed by atoms with Crippen LogP contribution in [0.2, 0.25) is 0 Å². The van der Waals surface area contributed by atoms with Crippen molar-refractivity contribution in [3.63, 3.8) is 0 Å². The van der Waals surface area contributed by atoms with Crippen LogP contribution in [0.5, 0.6) is 0 Å². The van der Waals surface area contributed by atoms with Crippen LogP contribution in [0.15, 0.2) is 27.8 Å². The summed E-state index contributed by atoms with van der Waals surface area (Å²) >= 11 is 0. The fourth-order valence-electron chi connectivity index (χ4n) is 2.99. The van der Waals surface area contributed by atoms with Crippen molar-refractivity contribution in [1.29, 1.82) is 0 Å². The molecule has 168 valence electrons. The topological polar surface area (TPSA) is 90.2 Å². The normalized spacial score (nSPS) is 18.4. The number of aliphatic imine (C=N–C) groups is 1. The first-order valence-corrected chi connectivity index (χ1v) is 10.2. The van der Waals surface area contributed by atoms with Gasteiger partial charge in [0.2, 0.25) is 0 Å². The Balaban J connectivity index is 0.00000420. The molecule has 2 heterocycles. The molecule has 2 N–H and O–H groups in total. The second-order valence-corrected chi connectivity index (χ2v) is 8.65.